The molecule has 170 valence electrons. The standard InChI is InChI=1S/C19H20Cl3NO8/c1-9(24)27-14-13-12(8-26-16(30-13)11-6-4-3-5-7-11)29-17(15(14)28-10(2)25)31-18(23)19(20,21)22/h3-7,12-17,23H,8H2,1-2H3/t12-,13-,14+,15-,16-,17-/m1/s1. The number of hydrogen-bond acceptors (Lipinski definition) is 9. The van der Waals surface area contributed by atoms with Crippen LogP contribution in [-0.2, 0) is 38.0 Å². The molecule has 0 aromatic heterocycles. The molecule has 0 aliphatic carbocycles. The Morgan fingerprint density at radius 2 is 1.61 bits per heavy atom. The van der Waals surface area contributed by atoms with Gasteiger partial charge in [-0.1, -0.05) is 65.1 Å². The van der Waals surface area contributed by atoms with Crippen LogP contribution in [0.2, 0.25) is 0 Å². The Kier molecular flexibility index (Phi) is 7.67. The molecule has 0 spiro atoms. The van der Waals surface area contributed by atoms with Gasteiger partial charge < -0.3 is 28.4 Å². The summed E-state index contributed by atoms with van der Waals surface area (Å²) in [7, 11) is 0. The lowest BCUT2D eigenvalue weighted by Gasteiger charge is -2.47. The minimum atomic E-state index is -2.18. The van der Waals surface area contributed by atoms with Gasteiger partial charge in [0.25, 0.3) is 3.79 Å². The van der Waals surface area contributed by atoms with Gasteiger partial charge in [-0.2, -0.15) is 0 Å². The van der Waals surface area contributed by atoms with Crippen LogP contribution in [-0.4, -0.2) is 58.9 Å². The number of nitrogens with one attached hydrogen (secondary N) is 1. The van der Waals surface area contributed by atoms with Gasteiger partial charge in [0.05, 0.1) is 6.61 Å². The van der Waals surface area contributed by atoms with Crippen molar-refractivity contribution in [1.29, 1.82) is 5.41 Å². The molecule has 12 heteroatoms. The molecule has 6 atom stereocenters. The Labute approximate surface area is 193 Å². The van der Waals surface area contributed by atoms with E-state index in [-0.39, 0.29) is 6.61 Å². The Morgan fingerprint density at radius 3 is 2.19 bits per heavy atom. The van der Waals surface area contributed by atoms with E-state index in [9.17, 15) is 9.59 Å². The summed E-state index contributed by atoms with van der Waals surface area (Å²) in [4.78, 5) is 23.6. The highest BCUT2D eigenvalue weighted by Crippen LogP contribution is 2.38. The van der Waals surface area contributed by atoms with Gasteiger partial charge in [0.1, 0.15) is 12.2 Å². The molecular weight excluding hydrogens is 477 g/mol. The number of fused-ring (bicyclic) bond motifs is 1. The first kappa shape index (κ1) is 24.0. The average Bonchev–Trinajstić information content (AvgIpc) is 2.69. The van der Waals surface area contributed by atoms with Crippen molar-refractivity contribution in [3.63, 3.8) is 0 Å². The number of halogens is 3. The Hall–Kier alpha value is -1.62. The van der Waals surface area contributed by atoms with E-state index in [0.717, 1.165) is 12.5 Å². The van der Waals surface area contributed by atoms with Gasteiger partial charge in [-0.15, -0.1) is 0 Å². The third-order valence-electron chi connectivity index (χ3n) is 4.45. The second-order valence-corrected chi connectivity index (χ2v) is 9.09. The summed E-state index contributed by atoms with van der Waals surface area (Å²) in [5.74, 6) is -2.12. The smallest absolute Gasteiger partial charge is 0.303 e. The number of carbonyl (C=O) groups excluding carboxylic acids is 2. The summed E-state index contributed by atoms with van der Waals surface area (Å²) in [5.41, 5.74) is 0.739. The minimum Gasteiger partial charge on any atom is -0.455 e. The van der Waals surface area contributed by atoms with E-state index in [4.69, 9.17) is 68.6 Å². The van der Waals surface area contributed by atoms with E-state index < -0.39 is 58.6 Å². The molecule has 2 aliphatic rings. The Bertz CT molecular complexity index is 818. The number of hydrogen-bond donors (Lipinski definition) is 1. The van der Waals surface area contributed by atoms with Gasteiger partial charge in [-0.05, 0) is 0 Å². The summed E-state index contributed by atoms with van der Waals surface area (Å²) < 4.78 is 31.4. The number of rotatable bonds is 4. The van der Waals surface area contributed by atoms with Crippen LogP contribution in [0.15, 0.2) is 30.3 Å². The molecule has 0 unspecified atom stereocenters. The maximum Gasteiger partial charge on any atom is 0.303 e. The topological polar surface area (TPSA) is 113 Å². The zero-order valence-corrected chi connectivity index (χ0v) is 18.7. The van der Waals surface area contributed by atoms with Gasteiger partial charge in [0.15, 0.2) is 12.4 Å². The molecule has 31 heavy (non-hydrogen) atoms. The van der Waals surface area contributed by atoms with Crippen molar-refractivity contribution in [2.75, 3.05) is 6.61 Å². The summed E-state index contributed by atoms with van der Waals surface area (Å²) in [6.07, 6.45) is -6.27. The third-order valence-corrected chi connectivity index (χ3v) is 4.97. The number of esters is 2. The van der Waals surface area contributed by atoms with Gasteiger partial charge in [0, 0.05) is 19.4 Å². The predicted molar refractivity (Wildman–Crippen MR) is 109 cm³/mol. The zero-order chi connectivity index (χ0) is 22.8. The lowest BCUT2D eigenvalue weighted by molar-refractivity contribution is -0.353. The summed E-state index contributed by atoms with van der Waals surface area (Å²) in [5, 5.41) is 7.82. The highest BCUT2D eigenvalue weighted by molar-refractivity contribution is 6.76. The Morgan fingerprint density at radius 1 is 1.00 bits per heavy atom. The van der Waals surface area contributed by atoms with E-state index in [1.807, 2.05) is 30.3 Å². The van der Waals surface area contributed by atoms with Crippen LogP contribution in [0.3, 0.4) is 0 Å². The van der Waals surface area contributed by atoms with E-state index in [2.05, 4.69) is 0 Å². The lowest BCUT2D eigenvalue weighted by Crippen LogP contribution is -2.64. The first-order valence-electron chi connectivity index (χ1n) is 9.20. The fourth-order valence-corrected chi connectivity index (χ4v) is 3.38. The van der Waals surface area contributed by atoms with Crippen molar-refractivity contribution in [2.24, 2.45) is 0 Å². The Balaban J connectivity index is 1.89. The van der Waals surface area contributed by atoms with Crippen molar-refractivity contribution >= 4 is 52.6 Å². The average molecular weight is 497 g/mol. The molecule has 1 aromatic rings. The normalized spacial score (nSPS) is 30.6. The molecule has 2 heterocycles. The van der Waals surface area contributed by atoms with Crippen LogP contribution < -0.4 is 0 Å². The molecule has 1 N–H and O–H groups in total. The molecular formula is C19H20Cl3NO8. The van der Waals surface area contributed by atoms with E-state index >= 15 is 0 Å². The van der Waals surface area contributed by atoms with Crippen LogP contribution in [0.5, 0.6) is 0 Å². The molecule has 0 saturated carbocycles. The second kappa shape index (κ2) is 9.89. The maximum absolute atomic E-state index is 11.8. The minimum absolute atomic E-state index is 0.0374. The molecule has 0 radical (unpaired) electrons. The van der Waals surface area contributed by atoms with Crippen LogP contribution in [0.1, 0.15) is 25.7 Å². The number of carbonyl (C=O) groups is 2. The zero-order valence-electron chi connectivity index (χ0n) is 16.5. The molecule has 1 aromatic carbocycles. The maximum atomic E-state index is 11.8. The predicted octanol–water partition coefficient (Wildman–Crippen LogP) is 3.05. The lowest BCUT2D eigenvalue weighted by atomic mass is 9.97. The fourth-order valence-electron chi connectivity index (χ4n) is 3.25. The largest absolute Gasteiger partial charge is 0.455 e. The molecule has 9 nitrogen and oxygen atoms in total. The fraction of sp³-hybridized carbons (Fsp3) is 0.526. The van der Waals surface area contributed by atoms with Gasteiger partial charge in [-0.3, -0.25) is 15.0 Å². The first-order valence-corrected chi connectivity index (χ1v) is 10.3. The SMILES string of the molecule is CC(=O)O[C@@H]1[C@@H](OC(C)=O)[C@@H](OC(=N)C(Cl)(Cl)Cl)O[C@@H]2CO[C@@H](c3ccccc3)O[C@@H]12. The highest BCUT2D eigenvalue weighted by atomic mass is 35.6. The summed E-state index contributed by atoms with van der Waals surface area (Å²) in [6, 6.07) is 9.12. The second-order valence-electron chi connectivity index (χ2n) is 6.81. The number of ether oxygens (including phenoxy) is 6. The number of benzene rings is 1. The molecule has 2 aliphatic heterocycles. The van der Waals surface area contributed by atoms with Crippen molar-refractivity contribution < 1.29 is 38.0 Å². The van der Waals surface area contributed by atoms with Crippen molar-refractivity contribution in [1.82, 2.24) is 0 Å². The van der Waals surface area contributed by atoms with E-state index in [1.54, 1.807) is 0 Å². The van der Waals surface area contributed by atoms with E-state index in [0.29, 0.717) is 0 Å². The molecule has 2 fully saturated rings. The van der Waals surface area contributed by atoms with Gasteiger partial charge in [0.2, 0.25) is 18.3 Å². The van der Waals surface area contributed by atoms with Gasteiger partial charge >= 0.3 is 11.9 Å². The van der Waals surface area contributed by atoms with Crippen LogP contribution in [0.25, 0.3) is 0 Å². The first-order chi connectivity index (χ1) is 14.6. The van der Waals surface area contributed by atoms with Crippen LogP contribution in [0.4, 0.5) is 0 Å². The van der Waals surface area contributed by atoms with Crippen LogP contribution in [0, 0.1) is 5.41 Å². The third kappa shape index (κ3) is 6.00. The quantitative estimate of drug-likeness (QED) is 0.293. The molecule has 3 rings (SSSR count). The molecule has 0 amide bonds. The highest BCUT2D eigenvalue weighted by Gasteiger charge is 2.55. The van der Waals surface area contributed by atoms with E-state index in [1.165, 1.54) is 6.92 Å². The van der Waals surface area contributed by atoms with Gasteiger partial charge in [-0.25, -0.2) is 0 Å². The van der Waals surface area contributed by atoms with Crippen molar-refractivity contribution in [3.8, 4) is 0 Å². The summed E-state index contributed by atoms with van der Waals surface area (Å²) in [6.45, 7) is 2.39. The monoisotopic (exact) mass is 495 g/mol. The van der Waals surface area contributed by atoms with Crippen LogP contribution >= 0.6 is 34.8 Å². The summed E-state index contributed by atoms with van der Waals surface area (Å²) >= 11 is 17.1. The molecule has 2 saturated heterocycles. The van der Waals surface area contributed by atoms with Crippen molar-refractivity contribution in [3.05, 3.63) is 35.9 Å². The van der Waals surface area contributed by atoms with Crippen molar-refractivity contribution in [2.45, 2.75) is 54.6 Å². The number of alkyl halides is 3. The molecule has 0 bridgehead atoms.